The van der Waals surface area contributed by atoms with Crippen LogP contribution < -0.4 is 5.73 Å². The molecule has 0 saturated heterocycles. The molecule has 0 spiro atoms. The minimum absolute atomic E-state index is 0.0128. The summed E-state index contributed by atoms with van der Waals surface area (Å²) in [7, 11) is 0. The van der Waals surface area contributed by atoms with E-state index in [1.54, 1.807) is 0 Å². The molecule has 0 aromatic heterocycles. The molecule has 3 N–H and O–H groups in total. The molecule has 11 heavy (non-hydrogen) atoms. The number of hydrogen-bond acceptors (Lipinski definition) is 2. The van der Waals surface area contributed by atoms with Crippen LogP contribution in [0.5, 0.6) is 0 Å². The van der Waals surface area contributed by atoms with E-state index in [0.29, 0.717) is 11.3 Å². The lowest BCUT2D eigenvalue weighted by molar-refractivity contribution is 0.0190. The zero-order chi connectivity index (χ0) is 8.65. The quantitative estimate of drug-likeness (QED) is 0.553. The SMILES string of the molecule is CC1C[C@@H](O)[C@H](N)CC1(C)C. The third kappa shape index (κ3) is 1.74. The van der Waals surface area contributed by atoms with Crippen LogP contribution in [0.15, 0.2) is 0 Å². The molecule has 0 bridgehead atoms. The first kappa shape index (κ1) is 9.01. The third-order valence-electron chi connectivity index (χ3n) is 3.19. The van der Waals surface area contributed by atoms with Crippen molar-refractivity contribution >= 4 is 0 Å². The Bertz CT molecular complexity index is 144. The zero-order valence-electron chi connectivity index (χ0n) is 7.67. The van der Waals surface area contributed by atoms with Gasteiger partial charge in [0.05, 0.1) is 6.10 Å². The fourth-order valence-electron chi connectivity index (χ4n) is 1.80. The summed E-state index contributed by atoms with van der Waals surface area (Å²) < 4.78 is 0. The highest BCUT2D eigenvalue weighted by atomic mass is 16.3. The molecule has 1 aliphatic carbocycles. The van der Waals surface area contributed by atoms with Crippen LogP contribution in [0.25, 0.3) is 0 Å². The number of hydrogen-bond donors (Lipinski definition) is 2. The molecule has 1 saturated carbocycles. The number of nitrogens with two attached hydrogens (primary N) is 1. The van der Waals surface area contributed by atoms with E-state index in [1.165, 1.54) is 0 Å². The Hall–Kier alpha value is -0.0800. The molecule has 0 aliphatic heterocycles. The summed E-state index contributed by atoms with van der Waals surface area (Å²) in [4.78, 5) is 0. The molecule has 0 radical (unpaired) electrons. The van der Waals surface area contributed by atoms with Gasteiger partial charge in [0.2, 0.25) is 0 Å². The van der Waals surface area contributed by atoms with Gasteiger partial charge in [-0.1, -0.05) is 20.8 Å². The van der Waals surface area contributed by atoms with Gasteiger partial charge in [-0.05, 0) is 24.2 Å². The maximum atomic E-state index is 9.46. The van der Waals surface area contributed by atoms with Crippen LogP contribution in [0.2, 0.25) is 0 Å². The minimum atomic E-state index is -0.280. The molecule has 1 fully saturated rings. The predicted octanol–water partition coefficient (Wildman–Crippen LogP) is 1.13. The van der Waals surface area contributed by atoms with Crippen molar-refractivity contribution in [2.45, 2.75) is 45.8 Å². The van der Waals surface area contributed by atoms with Crippen LogP contribution in [0, 0.1) is 11.3 Å². The van der Waals surface area contributed by atoms with Crippen molar-refractivity contribution in [2.75, 3.05) is 0 Å². The molecule has 2 nitrogen and oxygen atoms in total. The third-order valence-corrected chi connectivity index (χ3v) is 3.19. The molecule has 0 aromatic carbocycles. The molecule has 66 valence electrons. The van der Waals surface area contributed by atoms with Crippen LogP contribution >= 0.6 is 0 Å². The van der Waals surface area contributed by atoms with Gasteiger partial charge in [0.1, 0.15) is 0 Å². The van der Waals surface area contributed by atoms with E-state index >= 15 is 0 Å². The fraction of sp³-hybridized carbons (Fsp3) is 1.00. The Morgan fingerprint density at radius 2 is 2.00 bits per heavy atom. The summed E-state index contributed by atoms with van der Waals surface area (Å²) in [6.45, 7) is 6.64. The Balaban J connectivity index is 2.63. The molecule has 0 amide bonds. The van der Waals surface area contributed by atoms with E-state index in [1.807, 2.05) is 0 Å². The molecular weight excluding hydrogens is 138 g/mol. The van der Waals surface area contributed by atoms with Crippen molar-refractivity contribution in [3.05, 3.63) is 0 Å². The van der Waals surface area contributed by atoms with Crippen molar-refractivity contribution in [3.63, 3.8) is 0 Å². The van der Waals surface area contributed by atoms with Gasteiger partial charge in [-0.2, -0.15) is 0 Å². The monoisotopic (exact) mass is 157 g/mol. The standard InChI is InChI=1S/C9H19NO/c1-6-4-8(11)7(10)5-9(6,2)3/h6-8,11H,4-5,10H2,1-3H3/t6?,7-,8-/m1/s1. The zero-order valence-corrected chi connectivity index (χ0v) is 7.67. The first-order valence-corrected chi connectivity index (χ1v) is 4.37. The molecule has 3 atom stereocenters. The van der Waals surface area contributed by atoms with Crippen LogP contribution in [-0.4, -0.2) is 17.3 Å². The highest BCUT2D eigenvalue weighted by Crippen LogP contribution is 2.39. The topological polar surface area (TPSA) is 46.2 Å². The molecular formula is C9H19NO. The lowest BCUT2D eigenvalue weighted by atomic mass is 9.67. The molecule has 1 unspecified atom stereocenters. The van der Waals surface area contributed by atoms with Crippen LogP contribution in [0.4, 0.5) is 0 Å². The Labute approximate surface area is 68.8 Å². The average Bonchev–Trinajstić information content (AvgIpc) is 1.83. The van der Waals surface area contributed by atoms with Crippen LogP contribution in [-0.2, 0) is 0 Å². The lowest BCUT2D eigenvalue weighted by Crippen LogP contribution is -2.47. The Morgan fingerprint density at radius 3 is 2.45 bits per heavy atom. The summed E-state index contributed by atoms with van der Waals surface area (Å²) >= 11 is 0. The van der Waals surface area contributed by atoms with Gasteiger partial charge >= 0.3 is 0 Å². The van der Waals surface area contributed by atoms with Gasteiger partial charge in [0.15, 0.2) is 0 Å². The second-order valence-electron chi connectivity index (χ2n) is 4.56. The van der Waals surface area contributed by atoms with Gasteiger partial charge in [-0.3, -0.25) is 0 Å². The summed E-state index contributed by atoms with van der Waals surface area (Å²) in [6.07, 6.45) is 1.52. The highest BCUT2D eigenvalue weighted by molar-refractivity contribution is 4.90. The van der Waals surface area contributed by atoms with Crippen molar-refractivity contribution in [1.82, 2.24) is 0 Å². The normalized spacial score (nSPS) is 43.9. The molecule has 0 heterocycles. The Kier molecular flexibility index (Phi) is 2.26. The minimum Gasteiger partial charge on any atom is -0.392 e. The van der Waals surface area contributed by atoms with Crippen molar-refractivity contribution < 1.29 is 5.11 Å². The number of rotatable bonds is 0. The molecule has 0 aromatic rings. The summed E-state index contributed by atoms with van der Waals surface area (Å²) in [5.74, 6) is 0.581. The summed E-state index contributed by atoms with van der Waals surface area (Å²) in [6, 6.07) is -0.0128. The highest BCUT2D eigenvalue weighted by Gasteiger charge is 2.37. The maximum absolute atomic E-state index is 9.46. The van der Waals surface area contributed by atoms with Gasteiger partial charge in [0.25, 0.3) is 0 Å². The first-order chi connectivity index (χ1) is 4.93. The second-order valence-corrected chi connectivity index (χ2v) is 4.56. The van der Waals surface area contributed by atoms with Gasteiger partial charge in [-0.15, -0.1) is 0 Å². The smallest absolute Gasteiger partial charge is 0.0694 e. The Morgan fingerprint density at radius 1 is 1.45 bits per heavy atom. The van der Waals surface area contributed by atoms with Gasteiger partial charge in [0, 0.05) is 6.04 Å². The van der Waals surface area contributed by atoms with E-state index < -0.39 is 0 Å². The molecule has 1 aliphatic rings. The largest absolute Gasteiger partial charge is 0.392 e. The molecule has 1 rings (SSSR count). The van der Waals surface area contributed by atoms with Gasteiger partial charge < -0.3 is 10.8 Å². The number of aliphatic hydroxyl groups is 1. The van der Waals surface area contributed by atoms with Crippen molar-refractivity contribution in [2.24, 2.45) is 17.1 Å². The van der Waals surface area contributed by atoms with Crippen LogP contribution in [0.1, 0.15) is 33.6 Å². The van der Waals surface area contributed by atoms with Gasteiger partial charge in [-0.25, -0.2) is 0 Å². The predicted molar refractivity (Wildman–Crippen MR) is 46.2 cm³/mol. The fourth-order valence-corrected chi connectivity index (χ4v) is 1.80. The average molecular weight is 157 g/mol. The van der Waals surface area contributed by atoms with E-state index in [4.69, 9.17) is 5.73 Å². The van der Waals surface area contributed by atoms with Crippen molar-refractivity contribution in [3.8, 4) is 0 Å². The van der Waals surface area contributed by atoms with E-state index in [9.17, 15) is 5.11 Å². The number of aliphatic hydroxyl groups excluding tert-OH is 1. The summed E-state index contributed by atoms with van der Waals surface area (Å²) in [5, 5.41) is 9.46. The van der Waals surface area contributed by atoms with E-state index in [-0.39, 0.29) is 12.1 Å². The lowest BCUT2D eigenvalue weighted by Gasteiger charge is -2.42. The van der Waals surface area contributed by atoms with Crippen LogP contribution in [0.3, 0.4) is 0 Å². The first-order valence-electron chi connectivity index (χ1n) is 4.37. The maximum Gasteiger partial charge on any atom is 0.0694 e. The van der Waals surface area contributed by atoms with E-state index in [0.717, 1.165) is 12.8 Å². The summed E-state index contributed by atoms with van der Waals surface area (Å²) in [5.41, 5.74) is 6.07. The van der Waals surface area contributed by atoms with Crippen molar-refractivity contribution in [1.29, 1.82) is 0 Å². The molecule has 2 heteroatoms. The van der Waals surface area contributed by atoms with E-state index in [2.05, 4.69) is 20.8 Å². The second kappa shape index (κ2) is 2.76.